The Balaban J connectivity index is 2.45. The molecule has 0 unspecified atom stereocenters. The van der Waals surface area contributed by atoms with Crippen LogP contribution >= 0.6 is 0 Å². The summed E-state index contributed by atoms with van der Waals surface area (Å²) in [5.41, 5.74) is 0.507. The molecule has 3 heteroatoms. The van der Waals surface area contributed by atoms with E-state index in [1.54, 1.807) is 0 Å². The monoisotopic (exact) mass is 242 g/mol. The van der Waals surface area contributed by atoms with Crippen LogP contribution in [0, 0.1) is 0 Å². The van der Waals surface area contributed by atoms with Crippen molar-refractivity contribution in [3.05, 3.63) is 61.9 Å². The van der Waals surface area contributed by atoms with Crippen molar-refractivity contribution in [3.63, 3.8) is 0 Å². The van der Waals surface area contributed by atoms with Gasteiger partial charge in [-0.15, -0.1) is 0 Å². The summed E-state index contributed by atoms with van der Waals surface area (Å²) in [6.45, 7) is 1.99. The molecule has 0 amide bonds. The Morgan fingerprint density at radius 2 is 1.83 bits per heavy atom. The van der Waals surface area contributed by atoms with Crippen molar-refractivity contribution in [1.82, 2.24) is 0 Å². The smallest absolute Gasteiger partial charge is 0.268 e. The lowest BCUT2D eigenvalue weighted by Gasteiger charge is -2.09. The van der Waals surface area contributed by atoms with Crippen LogP contribution in [0.2, 0.25) is 0 Å². The maximum absolute atomic E-state index is 11.5. The van der Waals surface area contributed by atoms with Gasteiger partial charge < -0.3 is 5.11 Å². The van der Waals surface area contributed by atoms with Gasteiger partial charge in [-0.3, -0.25) is 9.59 Å². The lowest BCUT2D eigenvalue weighted by atomic mass is 9.94. The molecule has 2 rings (SSSR count). The summed E-state index contributed by atoms with van der Waals surface area (Å²) in [5.74, 6) is -0.393. The predicted molar refractivity (Wildman–Crippen MR) is 72.2 cm³/mol. The Morgan fingerprint density at radius 1 is 1.17 bits per heavy atom. The van der Waals surface area contributed by atoms with Gasteiger partial charge in [-0.1, -0.05) is 49.8 Å². The number of hydrogen-bond acceptors (Lipinski definition) is 3. The molecule has 0 aromatic heterocycles. The van der Waals surface area contributed by atoms with E-state index in [0.717, 1.165) is 17.6 Å². The molecule has 2 aromatic carbocycles. The van der Waals surface area contributed by atoms with Crippen LogP contribution in [0.15, 0.2) is 39.9 Å². The van der Waals surface area contributed by atoms with Gasteiger partial charge in [0, 0.05) is 0 Å². The summed E-state index contributed by atoms with van der Waals surface area (Å²) in [6.07, 6.45) is 3.35. The van der Waals surface area contributed by atoms with E-state index in [9.17, 15) is 14.7 Å². The van der Waals surface area contributed by atoms with Crippen LogP contribution < -0.4 is 10.9 Å². The SMILES string of the molecule is CCC/C(=C\c1ccccc1)c1c(O)c(=O)c1=O. The average Bonchev–Trinajstić information content (AvgIpc) is 2.40. The van der Waals surface area contributed by atoms with E-state index in [1.807, 2.05) is 43.3 Å². The van der Waals surface area contributed by atoms with Crippen LogP contribution in [-0.4, -0.2) is 5.11 Å². The van der Waals surface area contributed by atoms with Gasteiger partial charge >= 0.3 is 0 Å². The van der Waals surface area contributed by atoms with Crippen molar-refractivity contribution in [2.45, 2.75) is 19.8 Å². The summed E-state index contributed by atoms with van der Waals surface area (Å²) < 4.78 is 0. The van der Waals surface area contributed by atoms with Crippen molar-refractivity contribution in [1.29, 1.82) is 0 Å². The van der Waals surface area contributed by atoms with E-state index < -0.39 is 16.6 Å². The Kier molecular flexibility index (Phi) is 3.42. The third kappa shape index (κ3) is 2.12. The van der Waals surface area contributed by atoms with E-state index in [4.69, 9.17) is 0 Å². The first-order chi connectivity index (χ1) is 8.65. The van der Waals surface area contributed by atoms with Crippen molar-refractivity contribution in [3.8, 4) is 5.75 Å². The van der Waals surface area contributed by atoms with Crippen molar-refractivity contribution < 1.29 is 5.11 Å². The summed E-state index contributed by atoms with van der Waals surface area (Å²) in [7, 11) is 0. The maximum atomic E-state index is 11.5. The fourth-order valence-electron chi connectivity index (χ4n) is 1.97. The lowest BCUT2D eigenvalue weighted by Crippen LogP contribution is -2.34. The maximum Gasteiger partial charge on any atom is 0.268 e. The molecule has 0 heterocycles. The van der Waals surface area contributed by atoms with Gasteiger partial charge in [0.25, 0.3) is 5.43 Å². The minimum atomic E-state index is -0.778. The van der Waals surface area contributed by atoms with Crippen LogP contribution in [0.25, 0.3) is 11.6 Å². The molecule has 2 aromatic rings. The zero-order valence-corrected chi connectivity index (χ0v) is 10.1. The van der Waals surface area contributed by atoms with Crippen LogP contribution in [0.5, 0.6) is 5.75 Å². The van der Waals surface area contributed by atoms with Crippen LogP contribution in [-0.2, 0) is 0 Å². The van der Waals surface area contributed by atoms with E-state index in [2.05, 4.69) is 0 Å². The number of rotatable bonds is 4. The largest absolute Gasteiger partial charge is 0.504 e. The molecule has 0 aliphatic heterocycles. The quantitative estimate of drug-likeness (QED) is 0.837. The van der Waals surface area contributed by atoms with E-state index in [0.29, 0.717) is 6.42 Å². The minimum absolute atomic E-state index is 0.186. The summed E-state index contributed by atoms with van der Waals surface area (Å²) in [5, 5.41) is 9.49. The van der Waals surface area contributed by atoms with Gasteiger partial charge in [0.2, 0.25) is 5.43 Å². The van der Waals surface area contributed by atoms with Gasteiger partial charge in [0.1, 0.15) is 0 Å². The van der Waals surface area contributed by atoms with Gasteiger partial charge in [-0.25, -0.2) is 0 Å². The molecule has 0 saturated heterocycles. The topological polar surface area (TPSA) is 54.4 Å². The Hall–Kier alpha value is -2.16. The molecule has 92 valence electrons. The Morgan fingerprint density at radius 3 is 2.39 bits per heavy atom. The average molecular weight is 242 g/mol. The first-order valence-electron chi connectivity index (χ1n) is 5.93. The third-order valence-electron chi connectivity index (χ3n) is 2.87. The number of hydrogen-bond donors (Lipinski definition) is 1. The summed E-state index contributed by atoms with van der Waals surface area (Å²) in [4.78, 5) is 22.5. The molecular formula is C15H14O3. The molecule has 0 aliphatic rings. The van der Waals surface area contributed by atoms with E-state index in [-0.39, 0.29) is 5.56 Å². The third-order valence-corrected chi connectivity index (χ3v) is 2.87. The predicted octanol–water partition coefficient (Wildman–Crippen LogP) is 2.33. The molecule has 0 atom stereocenters. The second-order valence-corrected chi connectivity index (χ2v) is 4.21. The highest BCUT2D eigenvalue weighted by Crippen LogP contribution is 2.26. The first-order valence-corrected chi connectivity index (χ1v) is 5.93. The van der Waals surface area contributed by atoms with Gasteiger partial charge in [-0.2, -0.15) is 0 Å². The van der Waals surface area contributed by atoms with Crippen molar-refractivity contribution >= 4 is 11.6 Å². The molecule has 0 radical (unpaired) electrons. The Labute approximate surface area is 105 Å². The highest BCUT2D eigenvalue weighted by Gasteiger charge is 2.22. The Bertz CT molecular complexity index is 644. The number of allylic oxidation sites excluding steroid dienone is 1. The molecule has 3 nitrogen and oxygen atoms in total. The zero-order valence-electron chi connectivity index (χ0n) is 10.1. The highest BCUT2D eigenvalue weighted by molar-refractivity contribution is 5.85. The minimum Gasteiger partial charge on any atom is -0.504 e. The molecule has 0 saturated carbocycles. The molecule has 0 aliphatic carbocycles. The number of aromatic hydroxyl groups is 1. The van der Waals surface area contributed by atoms with Gasteiger partial charge in [0.15, 0.2) is 5.75 Å². The second-order valence-electron chi connectivity index (χ2n) is 4.21. The van der Waals surface area contributed by atoms with E-state index in [1.165, 1.54) is 0 Å². The number of benzene rings is 1. The van der Waals surface area contributed by atoms with Crippen molar-refractivity contribution in [2.75, 3.05) is 0 Å². The fraction of sp³-hybridized carbons (Fsp3) is 0.200. The standard InChI is InChI=1S/C15H14O3/c1-2-6-11(9-10-7-4-3-5-8-10)12-13(16)15(18)14(12)17/h3-5,7-9,16H,2,6H2,1H3/b11-9+. The fourth-order valence-corrected chi connectivity index (χ4v) is 1.97. The van der Waals surface area contributed by atoms with Crippen LogP contribution in [0.1, 0.15) is 30.9 Å². The molecule has 0 spiro atoms. The van der Waals surface area contributed by atoms with Crippen LogP contribution in [0.3, 0.4) is 0 Å². The lowest BCUT2D eigenvalue weighted by molar-refractivity contribution is 0.460. The summed E-state index contributed by atoms with van der Waals surface area (Å²) in [6, 6.07) is 9.54. The normalized spacial score (nSPS) is 11.9. The molecule has 0 bridgehead atoms. The second kappa shape index (κ2) is 5.00. The zero-order chi connectivity index (χ0) is 13.1. The molecule has 0 fully saturated rings. The first kappa shape index (κ1) is 12.3. The molecule has 1 N–H and O–H groups in total. The molecular weight excluding hydrogens is 228 g/mol. The van der Waals surface area contributed by atoms with E-state index >= 15 is 0 Å². The van der Waals surface area contributed by atoms with Crippen molar-refractivity contribution in [2.24, 2.45) is 0 Å². The van der Waals surface area contributed by atoms with Gasteiger partial charge in [-0.05, 0) is 17.6 Å². The van der Waals surface area contributed by atoms with Gasteiger partial charge in [0.05, 0.1) is 5.56 Å². The summed E-state index contributed by atoms with van der Waals surface area (Å²) >= 11 is 0. The molecule has 18 heavy (non-hydrogen) atoms. The highest BCUT2D eigenvalue weighted by atomic mass is 16.3. The van der Waals surface area contributed by atoms with Crippen LogP contribution in [0.4, 0.5) is 0 Å².